The van der Waals surface area contributed by atoms with Gasteiger partial charge in [0.2, 0.25) is 0 Å². The van der Waals surface area contributed by atoms with Crippen LogP contribution in [0.25, 0.3) is 10.2 Å². The summed E-state index contributed by atoms with van der Waals surface area (Å²) in [7, 11) is 0. The molecule has 2 saturated carbocycles. The first kappa shape index (κ1) is 24.7. The minimum absolute atomic E-state index is 0.0535. The van der Waals surface area contributed by atoms with E-state index < -0.39 is 0 Å². The Hall–Kier alpha value is -2.03. The highest BCUT2D eigenvalue weighted by molar-refractivity contribution is 7.98. The van der Waals surface area contributed by atoms with E-state index in [1.807, 2.05) is 36.8 Å². The molecule has 2 aliphatic carbocycles. The summed E-state index contributed by atoms with van der Waals surface area (Å²) in [5.74, 6) is 2.48. The normalized spacial score (nSPS) is 26.4. The number of aliphatic hydroxyl groups excluding tert-OH is 1. The molecule has 0 aliphatic heterocycles. The minimum atomic E-state index is -0.305. The smallest absolute Gasteiger partial charge is 0.251 e. The van der Waals surface area contributed by atoms with Crippen molar-refractivity contribution in [2.45, 2.75) is 75.3 Å². The van der Waals surface area contributed by atoms with Gasteiger partial charge in [0.25, 0.3) is 5.91 Å². The lowest BCUT2D eigenvalue weighted by molar-refractivity contribution is 0.0933. The number of hydrogen-bond acceptors (Lipinski definition) is 7. The molecule has 186 valence electrons. The third-order valence-electron chi connectivity index (χ3n) is 7.71. The molecule has 5 atom stereocenters. The summed E-state index contributed by atoms with van der Waals surface area (Å²) in [6.07, 6.45) is 13.6. The van der Waals surface area contributed by atoms with E-state index in [1.165, 1.54) is 19.3 Å². The molecule has 0 spiro atoms. The molecule has 35 heavy (non-hydrogen) atoms. The number of nitrogens with zero attached hydrogens (tertiary/aromatic N) is 3. The van der Waals surface area contributed by atoms with Crippen molar-refractivity contribution in [1.29, 1.82) is 0 Å². The Kier molecular flexibility index (Phi) is 7.70. The molecule has 2 heterocycles. The van der Waals surface area contributed by atoms with Crippen LogP contribution in [0.2, 0.25) is 0 Å². The first-order valence-electron chi connectivity index (χ1n) is 12.7. The third kappa shape index (κ3) is 5.87. The molecule has 0 radical (unpaired) electrons. The van der Waals surface area contributed by atoms with Crippen molar-refractivity contribution in [2.75, 3.05) is 6.26 Å². The van der Waals surface area contributed by atoms with Gasteiger partial charge in [0, 0.05) is 41.7 Å². The SMILES string of the molecule is CC[C@@H]1C[C@@H](NC(=O)c2ccc3nc(C[C@H]4CC[C@H](Cc5ncc(SC)cn5)C4)sc3c2)C[C@@H]1O. The van der Waals surface area contributed by atoms with Gasteiger partial charge in [-0.05, 0) is 74.3 Å². The van der Waals surface area contributed by atoms with Crippen LogP contribution < -0.4 is 5.32 Å². The Morgan fingerprint density at radius 2 is 1.91 bits per heavy atom. The van der Waals surface area contributed by atoms with E-state index in [2.05, 4.69) is 22.2 Å². The second-order valence-corrected chi connectivity index (χ2v) is 12.2. The Balaban J connectivity index is 1.17. The largest absolute Gasteiger partial charge is 0.393 e. The van der Waals surface area contributed by atoms with Gasteiger partial charge in [-0.15, -0.1) is 23.1 Å². The number of hydrogen-bond donors (Lipinski definition) is 2. The van der Waals surface area contributed by atoms with Gasteiger partial charge in [0.05, 0.1) is 21.3 Å². The molecule has 2 aromatic heterocycles. The minimum Gasteiger partial charge on any atom is -0.393 e. The Morgan fingerprint density at radius 3 is 2.63 bits per heavy atom. The number of benzene rings is 1. The number of aromatic nitrogens is 3. The lowest BCUT2D eigenvalue weighted by Gasteiger charge is -2.12. The number of fused-ring (bicyclic) bond motifs is 1. The van der Waals surface area contributed by atoms with Gasteiger partial charge in [0.1, 0.15) is 5.82 Å². The van der Waals surface area contributed by atoms with Crippen LogP contribution in [0, 0.1) is 17.8 Å². The summed E-state index contributed by atoms with van der Waals surface area (Å²) in [6.45, 7) is 2.10. The lowest BCUT2D eigenvalue weighted by atomic mass is 9.99. The zero-order valence-corrected chi connectivity index (χ0v) is 22.1. The molecule has 5 rings (SSSR count). The summed E-state index contributed by atoms with van der Waals surface area (Å²) >= 11 is 3.39. The lowest BCUT2D eigenvalue weighted by Crippen LogP contribution is -2.33. The van der Waals surface area contributed by atoms with Crippen LogP contribution in [0.1, 0.15) is 66.6 Å². The molecule has 6 nitrogen and oxygen atoms in total. The highest BCUT2D eigenvalue weighted by Crippen LogP contribution is 2.36. The first-order chi connectivity index (χ1) is 17.0. The van der Waals surface area contributed by atoms with E-state index in [1.54, 1.807) is 23.1 Å². The van der Waals surface area contributed by atoms with Crippen molar-refractivity contribution < 1.29 is 9.90 Å². The van der Waals surface area contributed by atoms with Crippen molar-refractivity contribution in [3.63, 3.8) is 0 Å². The van der Waals surface area contributed by atoms with Crippen molar-refractivity contribution in [3.05, 3.63) is 47.0 Å². The number of thiazole rings is 1. The highest BCUT2D eigenvalue weighted by atomic mass is 32.2. The predicted octanol–water partition coefficient (Wildman–Crippen LogP) is 5.29. The standard InChI is InChI=1S/C27H34N4O2S2/c1-3-18-11-20(13-23(18)32)30-27(33)19-6-7-22-24(12-19)35-26(31-22)10-17-5-4-16(8-17)9-25-28-14-21(34-2)15-29-25/h6-7,12,14-18,20,23,32H,3-5,8-11,13H2,1-2H3,(H,30,33)/t16-,17-,18+,20+,23-/m0/s1. The van der Waals surface area contributed by atoms with Gasteiger partial charge in [0.15, 0.2) is 0 Å². The number of aliphatic hydroxyl groups is 1. The van der Waals surface area contributed by atoms with Crippen LogP contribution in [-0.2, 0) is 12.8 Å². The zero-order valence-electron chi connectivity index (χ0n) is 20.4. The summed E-state index contributed by atoms with van der Waals surface area (Å²) in [5.41, 5.74) is 1.65. The van der Waals surface area contributed by atoms with E-state index in [0.29, 0.717) is 23.8 Å². The molecule has 2 N–H and O–H groups in total. The van der Waals surface area contributed by atoms with Gasteiger partial charge in [-0.2, -0.15) is 0 Å². The number of nitrogens with one attached hydrogen (secondary N) is 1. The molecule has 0 bridgehead atoms. The Bertz CT molecular complexity index is 1170. The van der Waals surface area contributed by atoms with E-state index in [0.717, 1.165) is 51.6 Å². The van der Waals surface area contributed by atoms with E-state index in [-0.39, 0.29) is 24.0 Å². The van der Waals surface area contributed by atoms with Gasteiger partial charge in [-0.25, -0.2) is 15.0 Å². The molecule has 1 amide bonds. The zero-order chi connectivity index (χ0) is 24.4. The number of rotatable bonds is 8. The van der Waals surface area contributed by atoms with Gasteiger partial charge in [-0.1, -0.05) is 13.3 Å². The molecule has 8 heteroatoms. The maximum Gasteiger partial charge on any atom is 0.251 e. The fraction of sp³-hybridized carbons (Fsp3) is 0.556. The molecule has 0 unspecified atom stereocenters. The van der Waals surface area contributed by atoms with Crippen LogP contribution in [-0.4, -0.2) is 44.4 Å². The van der Waals surface area contributed by atoms with Gasteiger partial charge < -0.3 is 10.4 Å². The monoisotopic (exact) mass is 510 g/mol. The van der Waals surface area contributed by atoms with Crippen LogP contribution in [0.5, 0.6) is 0 Å². The van der Waals surface area contributed by atoms with Gasteiger partial charge >= 0.3 is 0 Å². The van der Waals surface area contributed by atoms with Crippen LogP contribution in [0.15, 0.2) is 35.5 Å². The van der Waals surface area contributed by atoms with E-state index >= 15 is 0 Å². The number of amides is 1. The number of carbonyl (C=O) groups excluding carboxylic acids is 1. The molecule has 3 aromatic rings. The average molecular weight is 511 g/mol. The van der Waals surface area contributed by atoms with Gasteiger partial charge in [-0.3, -0.25) is 4.79 Å². The number of carbonyl (C=O) groups is 1. The summed E-state index contributed by atoms with van der Waals surface area (Å²) in [4.78, 5) is 27.9. The fourth-order valence-electron chi connectivity index (χ4n) is 5.74. The van der Waals surface area contributed by atoms with Crippen LogP contribution >= 0.6 is 23.1 Å². The van der Waals surface area contributed by atoms with Crippen LogP contribution in [0.3, 0.4) is 0 Å². The molecule has 1 aromatic carbocycles. The quantitative estimate of drug-likeness (QED) is 0.401. The van der Waals surface area contributed by atoms with Crippen molar-refractivity contribution in [2.24, 2.45) is 17.8 Å². The van der Waals surface area contributed by atoms with Crippen molar-refractivity contribution in [1.82, 2.24) is 20.3 Å². The van der Waals surface area contributed by atoms with E-state index in [9.17, 15) is 9.90 Å². The van der Waals surface area contributed by atoms with Crippen molar-refractivity contribution >= 4 is 39.2 Å². The van der Waals surface area contributed by atoms with Crippen molar-refractivity contribution in [3.8, 4) is 0 Å². The van der Waals surface area contributed by atoms with Crippen LogP contribution in [0.4, 0.5) is 0 Å². The maximum atomic E-state index is 12.8. The third-order valence-corrected chi connectivity index (χ3v) is 9.44. The second kappa shape index (κ2) is 10.9. The number of thioether (sulfide) groups is 1. The first-order valence-corrected chi connectivity index (χ1v) is 14.8. The summed E-state index contributed by atoms with van der Waals surface area (Å²) in [5, 5.41) is 14.4. The predicted molar refractivity (Wildman–Crippen MR) is 142 cm³/mol. The average Bonchev–Trinajstić information content (AvgIpc) is 3.57. The molecule has 0 saturated heterocycles. The Morgan fingerprint density at radius 1 is 1.14 bits per heavy atom. The maximum absolute atomic E-state index is 12.8. The molecule has 2 fully saturated rings. The topological polar surface area (TPSA) is 88.0 Å². The Labute approximate surface area is 215 Å². The summed E-state index contributed by atoms with van der Waals surface area (Å²) < 4.78 is 1.07. The molecule has 2 aliphatic rings. The van der Waals surface area contributed by atoms with E-state index in [4.69, 9.17) is 4.98 Å². The highest BCUT2D eigenvalue weighted by Gasteiger charge is 2.32. The fourth-order valence-corrected chi connectivity index (χ4v) is 7.17. The molecular formula is C27H34N4O2S2. The molecular weight excluding hydrogens is 476 g/mol. The summed E-state index contributed by atoms with van der Waals surface area (Å²) in [6, 6.07) is 5.87. The second-order valence-electron chi connectivity index (χ2n) is 10.2.